The van der Waals surface area contributed by atoms with E-state index in [9.17, 15) is 4.39 Å². The normalized spacial score (nSPS) is 21.3. The van der Waals surface area contributed by atoms with E-state index in [2.05, 4.69) is 4.90 Å². The molecule has 2 aliphatic rings. The fourth-order valence-electron chi connectivity index (χ4n) is 3.74. The third kappa shape index (κ3) is 5.29. The molecular weight excluding hydrogens is 432 g/mol. The van der Waals surface area contributed by atoms with Crippen molar-refractivity contribution < 1.29 is 9.13 Å². The number of benzene rings is 1. The molecule has 6 heteroatoms. The highest BCUT2D eigenvalue weighted by atomic mass is 127. The van der Waals surface area contributed by atoms with E-state index in [1.54, 1.807) is 0 Å². The van der Waals surface area contributed by atoms with Crippen molar-refractivity contribution in [2.75, 3.05) is 32.8 Å². The van der Waals surface area contributed by atoms with Crippen molar-refractivity contribution in [2.45, 2.75) is 43.9 Å². The second-order valence-corrected chi connectivity index (χ2v) is 6.98. The van der Waals surface area contributed by atoms with Gasteiger partial charge in [-0.2, -0.15) is 0 Å². The van der Waals surface area contributed by atoms with Crippen LogP contribution in [0.3, 0.4) is 0 Å². The van der Waals surface area contributed by atoms with Gasteiger partial charge in [0.25, 0.3) is 0 Å². The van der Waals surface area contributed by atoms with Gasteiger partial charge in [0.15, 0.2) is 5.96 Å². The van der Waals surface area contributed by atoms with Crippen LogP contribution in [0.2, 0.25) is 0 Å². The molecule has 0 aliphatic carbocycles. The first-order valence-corrected chi connectivity index (χ1v) is 9.08. The molecule has 0 spiro atoms. The minimum atomic E-state index is -0.200. The Morgan fingerprint density at radius 3 is 2.28 bits per heavy atom. The number of likely N-dealkylation sites (tertiary alicyclic amines) is 1. The fraction of sp³-hybridized carbons (Fsp3) is 0.632. The van der Waals surface area contributed by atoms with Crippen LogP contribution in [0.25, 0.3) is 0 Å². The third-order valence-electron chi connectivity index (χ3n) is 5.38. The van der Waals surface area contributed by atoms with Crippen LogP contribution in [0.5, 0.6) is 0 Å². The van der Waals surface area contributed by atoms with Gasteiger partial charge < -0.3 is 15.4 Å². The molecule has 2 heterocycles. The van der Waals surface area contributed by atoms with E-state index in [1.165, 1.54) is 37.8 Å². The van der Waals surface area contributed by atoms with E-state index < -0.39 is 0 Å². The molecule has 0 radical (unpaired) electrons. The van der Waals surface area contributed by atoms with E-state index >= 15 is 0 Å². The lowest BCUT2D eigenvalue weighted by molar-refractivity contribution is 0.0530. The molecule has 0 atom stereocenters. The van der Waals surface area contributed by atoms with Crippen LogP contribution in [0.4, 0.5) is 4.39 Å². The number of rotatable bonds is 3. The largest absolute Gasteiger partial charge is 0.381 e. The molecule has 3 rings (SSSR count). The SMILES string of the molecule is I.NC(=NCC1(c2ccc(F)cc2)CCOCC1)N1CCCCCC1. The molecule has 1 aromatic carbocycles. The van der Waals surface area contributed by atoms with E-state index in [0.717, 1.165) is 44.7 Å². The van der Waals surface area contributed by atoms with Crippen molar-refractivity contribution in [3.8, 4) is 0 Å². The number of aliphatic imine (C=N–C) groups is 1. The van der Waals surface area contributed by atoms with Crippen molar-refractivity contribution in [3.63, 3.8) is 0 Å². The molecular formula is C19H29FIN3O. The zero-order valence-electron chi connectivity index (χ0n) is 14.8. The number of halogens is 2. The predicted molar refractivity (Wildman–Crippen MR) is 110 cm³/mol. The maximum atomic E-state index is 13.3. The molecule has 4 nitrogen and oxygen atoms in total. The minimum Gasteiger partial charge on any atom is -0.381 e. The molecule has 0 amide bonds. The van der Waals surface area contributed by atoms with E-state index in [0.29, 0.717) is 12.5 Å². The Balaban J connectivity index is 0.00000225. The van der Waals surface area contributed by atoms with Gasteiger partial charge in [-0.15, -0.1) is 24.0 Å². The Hall–Kier alpha value is -0.890. The summed E-state index contributed by atoms with van der Waals surface area (Å²) in [6.07, 6.45) is 6.73. The van der Waals surface area contributed by atoms with Crippen molar-refractivity contribution in [1.29, 1.82) is 0 Å². The van der Waals surface area contributed by atoms with Crippen molar-refractivity contribution >= 4 is 29.9 Å². The quantitative estimate of drug-likeness (QED) is 0.425. The lowest BCUT2D eigenvalue weighted by atomic mass is 9.74. The van der Waals surface area contributed by atoms with Gasteiger partial charge in [-0.25, -0.2) is 4.39 Å². The summed E-state index contributed by atoms with van der Waals surface area (Å²) in [4.78, 5) is 6.97. The Morgan fingerprint density at radius 2 is 1.68 bits per heavy atom. The summed E-state index contributed by atoms with van der Waals surface area (Å²) in [6, 6.07) is 6.85. The van der Waals surface area contributed by atoms with Gasteiger partial charge in [-0.3, -0.25) is 4.99 Å². The van der Waals surface area contributed by atoms with Crippen LogP contribution in [0.15, 0.2) is 29.3 Å². The Labute approximate surface area is 167 Å². The second-order valence-electron chi connectivity index (χ2n) is 6.98. The summed E-state index contributed by atoms with van der Waals surface area (Å²) in [5.74, 6) is 0.457. The summed E-state index contributed by atoms with van der Waals surface area (Å²) < 4.78 is 18.8. The zero-order valence-corrected chi connectivity index (χ0v) is 17.1. The highest BCUT2D eigenvalue weighted by Gasteiger charge is 2.34. The first-order chi connectivity index (χ1) is 11.7. The summed E-state index contributed by atoms with van der Waals surface area (Å²) >= 11 is 0. The second kappa shape index (κ2) is 9.71. The summed E-state index contributed by atoms with van der Waals surface area (Å²) in [7, 11) is 0. The summed E-state index contributed by atoms with van der Waals surface area (Å²) in [6.45, 7) is 4.08. The van der Waals surface area contributed by atoms with Crippen molar-refractivity contribution in [1.82, 2.24) is 4.90 Å². The van der Waals surface area contributed by atoms with Gasteiger partial charge in [0.2, 0.25) is 0 Å². The molecule has 2 N–H and O–H groups in total. The highest BCUT2D eigenvalue weighted by Crippen LogP contribution is 2.35. The molecule has 25 heavy (non-hydrogen) atoms. The summed E-state index contributed by atoms with van der Waals surface area (Å²) in [5, 5.41) is 0. The molecule has 0 saturated carbocycles. The standard InChI is InChI=1S/C19H28FN3O.HI/c20-17-7-5-16(6-8-17)19(9-13-24-14-10-19)15-22-18(21)23-11-3-1-2-4-12-23;/h5-8H,1-4,9-15H2,(H2,21,22);1H. The maximum Gasteiger partial charge on any atom is 0.191 e. The van der Waals surface area contributed by atoms with Gasteiger partial charge >= 0.3 is 0 Å². The minimum absolute atomic E-state index is 0. The molecule has 2 aliphatic heterocycles. The number of hydrogen-bond donors (Lipinski definition) is 1. The van der Waals surface area contributed by atoms with E-state index in [4.69, 9.17) is 15.5 Å². The lowest BCUT2D eigenvalue weighted by Crippen LogP contribution is -2.41. The molecule has 0 unspecified atom stereocenters. The van der Waals surface area contributed by atoms with Gasteiger partial charge in [-0.05, 0) is 43.4 Å². The Bertz CT molecular complexity index is 550. The van der Waals surface area contributed by atoms with Crippen LogP contribution in [0, 0.1) is 5.82 Å². The number of guanidine groups is 1. The Kier molecular flexibility index (Phi) is 7.93. The topological polar surface area (TPSA) is 50.9 Å². The monoisotopic (exact) mass is 461 g/mol. The molecule has 0 aromatic heterocycles. The number of nitrogens with zero attached hydrogens (tertiary/aromatic N) is 2. The van der Waals surface area contributed by atoms with Gasteiger partial charge in [-0.1, -0.05) is 25.0 Å². The first kappa shape index (κ1) is 20.4. The van der Waals surface area contributed by atoms with Gasteiger partial charge in [0, 0.05) is 31.7 Å². The molecule has 140 valence electrons. The number of nitrogens with two attached hydrogens (primary N) is 1. The third-order valence-corrected chi connectivity index (χ3v) is 5.38. The van der Waals surface area contributed by atoms with Gasteiger partial charge in [0.1, 0.15) is 5.82 Å². The van der Waals surface area contributed by atoms with Crippen molar-refractivity contribution in [3.05, 3.63) is 35.6 Å². The van der Waals surface area contributed by atoms with E-state index in [1.807, 2.05) is 12.1 Å². The van der Waals surface area contributed by atoms with Crippen LogP contribution in [-0.4, -0.2) is 43.7 Å². The fourth-order valence-corrected chi connectivity index (χ4v) is 3.74. The molecule has 1 aromatic rings. The maximum absolute atomic E-state index is 13.3. The summed E-state index contributed by atoms with van der Waals surface area (Å²) in [5.41, 5.74) is 7.32. The first-order valence-electron chi connectivity index (χ1n) is 9.08. The van der Waals surface area contributed by atoms with Crippen LogP contribution in [0.1, 0.15) is 44.1 Å². The highest BCUT2D eigenvalue weighted by molar-refractivity contribution is 14.0. The predicted octanol–water partition coefficient (Wildman–Crippen LogP) is 3.68. The van der Waals surface area contributed by atoms with Crippen LogP contribution < -0.4 is 5.73 Å². The van der Waals surface area contributed by atoms with Crippen LogP contribution >= 0.6 is 24.0 Å². The Morgan fingerprint density at radius 1 is 1.08 bits per heavy atom. The number of hydrogen-bond acceptors (Lipinski definition) is 2. The smallest absolute Gasteiger partial charge is 0.191 e. The van der Waals surface area contributed by atoms with Crippen LogP contribution in [-0.2, 0) is 10.2 Å². The molecule has 2 fully saturated rings. The molecule has 0 bridgehead atoms. The average Bonchev–Trinajstić information content (AvgIpc) is 2.90. The average molecular weight is 461 g/mol. The van der Waals surface area contributed by atoms with Gasteiger partial charge in [0.05, 0.1) is 6.54 Å². The number of ether oxygens (including phenoxy) is 1. The van der Waals surface area contributed by atoms with Crippen molar-refractivity contribution in [2.24, 2.45) is 10.7 Å². The molecule has 2 saturated heterocycles. The zero-order chi connectivity index (χ0) is 16.8. The lowest BCUT2D eigenvalue weighted by Gasteiger charge is -2.37. The van der Waals surface area contributed by atoms with E-state index in [-0.39, 0.29) is 35.2 Å².